The molecule has 37 heavy (non-hydrogen) atoms. The monoisotopic (exact) mass is 507 g/mol. The first kappa shape index (κ1) is 27.3. The van der Waals surface area contributed by atoms with Crippen LogP contribution in [0.15, 0.2) is 54.6 Å². The van der Waals surface area contributed by atoms with Crippen molar-refractivity contribution in [2.24, 2.45) is 0 Å². The summed E-state index contributed by atoms with van der Waals surface area (Å²) in [6.45, 7) is 2.99. The number of esters is 1. The number of benzene rings is 2. The fourth-order valence-electron chi connectivity index (χ4n) is 6.62. The van der Waals surface area contributed by atoms with Crippen LogP contribution in [0.1, 0.15) is 69.4 Å². The molecule has 1 aliphatic carbocycles. The summed E-state index contributed by atoms with van der Waals surface area (Å²) < 4.78 is 6.15. The van der Waals surface area contributed by atoms with Crippen LogP contribution >= 0.6 is 0 Å². The molecule has 2 aliphatic rings. The van der Waals surface area contributed by atoms with Crippen molar-refractivity contribution < 1.29 is 23.9 Å². The van der Waals surface area contributed by atoms with E-state index in [1.165, 1.54) is 12.5 Å². The molecule has 6 nitrogen and oxygen atoms in total. The van der Waals surface area contributed by atoms with Crippen LogP contribution in [0.4, 0.5) is 0 Å². The van der Waals surface area contributed by atoms with Gasteiger partial charge in [0.2, 0.25) is 5.91 Å². The zero-order valence-corrected chi connectivity index (χ0v) is 22.7. The van der Waals surface area contributed by atoms with Crippen molar-refractivity contribution in [1.29, 1.82) is 0 Å². The standard InChI is InChI=1S/C31H42N2O4/c1-24(34)37-28-15-10-14-26(21-28)30-19-20-33(2,3)23-31(30,36)18-17-27(22-30)32-29(35)16-9-5-8-13-25-11-6-4-7-12-25/h4,6-7,10-12,14-15,21,27,36H,5,8-9,13,16-20,22-23H2,1-3H3/p+1/t27-,30+,31+/m1/s1. The lowest BCUT2D eigenvalue weighted by atomic mass is 9.55. The van der Waals surface area contributed by atoms with Crippen molar-refractivity contribution in [3.8, 4) is 5.75 Å². The molecule has 1 heterocycles. The van der Waals surface area contributed by atoms with Gasteiger partial charge in [0.1, 0.15) is 17.9 Å². The highest BCUT2D eigenvalue weighted by Crippen LogP contribution is 2.53. The highest BCUT2D eigenvalue weighted by Gasteiger charge is 2.60. The van der Waals surface area contributed by atoms with Gasteiger partial charge in [-0.3, -0.25) is 9.59 Å². The molecule has 2 aromatic carbocycles. The average molecular weight is 508 g/mol. The predicted molar refractivity (Wildman–Crippen MR) is 145 cm³/mol. The smallest absolute Gasteiger partial charge is 0.308 e. The molecule has 1 saturated carbocycles. The topological polar surface area (TPSA) is 75.6 Å². The maximum atomic E-state index is 12.9. The van der Waals surface area contributed by atoms with Crippen molar-refractivity contribution in [3.63, 3.8) is 0 Å². The van der Waals surface area contributed by atoms with Crippen LogP contribution in [-0.4, -0.2) is 60.3 Å². The molecule has 1 amide bonds. The number of nitrogens with zero attached hydrogens (tertiary/aromatic N) is 1. The number of rotatable bonds is 9. The van der Waals surface area contributed by atoms with Crippen molar-refractivity contribution in [2.75, 3.05) is 27.2 Å². The Labute approximate surface area is 221 Å². The summed E-state index contributed by atoms with van der Waals surface area (Å²) in [5.41, 5.74) is 0.956. The minimum atomic E-state index is -0.887. The Morgan fingerprint density at radius 1 is 1.05 bits per heavy atom. The SMILES string of the molecule is CC(=O)Oc1cccc([C@@]23CC[N+](C)(C)C[C@@]2(O)CC[C@@H](NC(=O)CCCCCc2ccccc2)C3)c1. The second-order valence-electron chi connectivity index (χ2n) is 11.9. The number of hydrogen-bond donors (Lipinski definition) is 2. The Balaban J connectivity index is 1.41. The maximum absolute atomic E-state index is 12.9. The van der Waals surface area contributed by atoms with Gasteiger partial charge in [0.05, 0.1) is 20.6 Å². The van der Waals surface area contributed by atoms with Gasteiger partial charge in [-0.25, -0.2) is 0 Å². The van der Waals surface area contributed by atoms with Crippen molar-refractivity contribution >= 4 is 11.9 Å². The molecule has 2 fully saturated rings. The van der Waals surface area contributed by atoms with E-state index in [4.69, 9.17) is 4.74 Å². The Bertz CT molecular complexity index is 1090. The molecule has 0 spiro atoms. The molecule has 200 valence electrons. The zero-order chi connectivity index (χ0) is 26.5. The Morgan fingerprint density at radius 2 is 1.84 bits per heavy atom. The number of piperidine rings is 1. The molecular formula is C31H43N2O4+. The highest BCUT2D eigenvalue weighted by atomic mass is 16.5. The highest BCUT2D eigenvalue weighted by molar-refractivity contribution is 5.76. The molecule has 0 unspecified atom stereocenters. The lowest BCUT2D eigenvalue weighted by molar-refractivity contribution is -0.905. The molecule has 6 heteroatoms. The van der Waals surface area contributed by atoms with Gasteiger partial charge >= 0.3 is 5.97 Å². The predicted octanol–water partition coefficient (Wildman–Crippen LogP) is 4.53. The summed E-state index contributed by atoms with van der Waals surface area (Å²) in [6.07, 6.45) is 7.49. The molecule has 1 saturated heterocycles. The zero-order valence-electron chi connectivity index (χ0n) is 22.7. The number of unbranched alkanes of at least 4 members (excludes halogenated alkanes) is 2. The number of aryl methyl sites for hydroxylation is 1. The summed E-state index contributed by atoms with van der Waals surface area (Å²) in [5, 5.41) is 15.4. The molecule has 3 atom stereocenters. The molecule has 4 rings (SSSR count). The minimum Gasteiger partial charge on any atom is -0.427 e. The number of fused-ring (bicyclic) bond motifs is 1. The number of carbonyl (C=O) groups excluding carboxylic acids is 2. The van der Waals surface area contributed by atoms with Crippen LogP contribution in [0.25, 0.3) is 0 Å². The van der Waals surface area contributed by atoms with Gasteiger partial charge in [-0.15, -0.1) is 0 Å². The summed E-state index contributed by atoms with van der Waals surface area (Å²) in [5.74, 6) is 0.248. The van der Waals surface area contributed by atoms with Gasteiger partial charge in [0.15, 0.2) is 0 Å². The van der Waals surface area contributed by atoms with Crippen LogP contribution in [-0.2, 0) is 21.4 Å². The Hall–Kier alpha value is -2.70. The van der Waals surface area contributed by atoms with Crippen LogP contribution in [0.3, 0.4) is 0 Å². The van der Waals surface area contributed by atoms with E-state index in [0.717, 1.165) is 55.1 Å². The normalized spacial score (nSPS) is 26.6. The van der Waals surface area contributed by atoms with Gasteiger partial charge in [0, 0.05) is 31.2 Å². The lowest BCUT2D eigenvalue weighted by Gasteiger charge is -2.58. The second-order valence-corrected chi connectivity index (χ2v) is 11.9. The third-order valence-corrected chi connectivity index (χ3v) is 8.45. The minimum absolute atomic E-state index is 0.0168. The van der Waals surface area contributed by atoms with E-state index < -0.39 is 11.0 Å². The number of ether oxygens (including phenoxy) is 1. The van der Waals surface area contributed by atoms with Crippen LogP contribution in [0.5, 0.6) is 5.75 Å². The van der Waals surface area contributed by atoms with E-state index in [1.807, 2.05) is 24.3 Å². The molecular weight excluding hydrogens is 464 g/mol. The first-order valence-electron chi connectivity index (χ1n) is 13.8. The van der Waals surface area contributed by atoms with E-state index in [9.17, 15) is 14.7 Å². The third kappa shape index (κ3) is 6.60. The quantitative estimate of drug-likeness (QED) is 0.226. The van der Waals surface area contributed by atoms with Crippen molar-refractivity contribution in [2.45, 2.75) is 81.8 Å². The Kier molecular flexibility index (Phi) is 8.39. The van der Waals surface area contributed by atoms with Gasteiger partial charge in [-0.05, 0) is 61.8 Å². The molecule has 0 radical (unpaired) electrons. The van der Waals surface area contributed by atoms with E-state index in [0.29, 0.717) is 31.6 Å². The number of hydrogen-bond acceptors (Lipinski definition) is 4. The number of aliphatic hydroxyl groups is 1. The maximum Gasteiger partial charge on any atom is 0.308 e. The summed E-state index contributed by atoms with van der Waals surface area (Å²) in [4.78, 5) is 24.5. The largest absolute Gasteiger partial charge is 0.427 e. The summed E-state index contributed by atoms with van der Waals surface area (Å²) >= 11 is 0. The fraction of sp³-hybridized carbons (Fsp3) is 0.548. The number of likely N-dealkylation sites (tertiary alicyclic amines) is 1. The second kappa shape index (κ2) is 11.4. The lowest BCUT2D eigenvalue weighted by Crippen LogP contribution is -2.70. The van der Waals surface area contributed by atoms with E-state index in [2.05, 4.69) is 43.7 Å². The van der Waals surface area contributed by atoms with Crippen LogP contribution in [0.2, 0.25) is 0 Å². The third-order valence-electron chi connectivity index (χ3n) is 8.45. The van der Waals surface area contributed by atoms with E-state index in [-0.39, 0.29) is 17.9 Å². The van der Waals surface area contributed by atoms with Gasteiger partial charge in [-0.1, -0.05) is 48.9 Å². The fourth-order valence-corrected chi connectivity index (χ4v) is 6.62. The molecule has 0 aromatic heterocycles. The summed E-state index contributed by atoms with van der Waals surface area (Å²) in [6, 6.07) is 18.1. The molecule has 1 aliphatic heterocycles. The molecule has 2 N–H and O–H groups in total. The first-order valence-corrected chi connectivity index (χ1v) is 13.8. The van der Waals surface area contributed by atoms with Crippen LogP contribution in [0, 0.1) is 0 Å². The van der Waals surface area contributed by atoms with Gasteiger partial charge < -0.3 is 19.6 Å². The molecule has 2 aromatic rings. The van der Waals surface area contributed by atoms with Crippen LogP contribution < -0.4 is 10.1 Å². The van der Waals surface area contributed by atoms with E-state index in [1.54, 1.807) is 6.07 Å². The number of carbonyl (C=O) groups is 2. The average Bonchev–Trinajstić information content (AvgIpc) is 2.84. The first-order chi connectivity index (χ1) is 17.6. The number of nitrogens with one attached hydrogen (secondary N) is 1. The van der Waals surface area contributed by atoms with E-state index >= 15 is 0 Å². The van der Waals surface area contributed by atoms with Gasteiger partial charge in [0.25, 0.3) is 0 Å². The number of amides is 1. The van der Waals surface area contributed by atoms with Crippen molar-refractivity contribution in [3.05, 3.63) is 65.7 Å². The molecule has 0 bridgehead atoms. The van der Waals surface area contributed by atoms with Gasteiger partial charge in [-0.2, -0.15) is 0 Å². The summed E-state index contributed by atoms with van der Waals surface area (Å²) in [7, 11) is 4.34. The van der Waals surface area contributed by atoms with Crippen molar-refractivity contribution in [1.82, 2.24) is 5.32 Å². The number of likely N-dealkylation sites (N-methyl/N-ethyl adjacent to an activating group) is 1. The Morgan fingerprint density at radius 3 is 2.59 bits per heavy atom. The number of quaternary nitrogens is 1.